The van der Waals surface area contributed by atoms with E-state index >= 15 is 0 Å². The lowest BCUT2D eigenvalue weighted by atomic mass is 9.99. The minimum atomic E-state index is 0.387. The Kier molecular flexibility index (Phi) is 4.18. The Hall–Kier alpha value is -3.13. The zero-order valence-electron chi connectivity index (χ0n) is 15.1. The number of aryl methyl sites for hydroxylation is 2. The summed E-state index contributed by atoms with van der Waals surface area (Å²) in [4.78, 5) is 3.77. The van der Waals surface area contributed by atoms with E-state index in [-0.39, 0.29) is 0 Å². The molecule has 0 aliphatic carbocycles. The van der Waals surface area contributed by atoms with Crippen molar-refractivity contribution in [2.24, 2.45) is 0 Å². The molecule has 5 nitrogen and oxygen atoms in total. The van der Waals surface area contributed by atoms with Gasteiger partial charge in [0.2, 0.25) is 5.69 Å². The molecule has 130 valence electrons. The van der Waals surface area contributed by atoms with Crippen LogP contribution in [0.4, 0.5) is 5.82 Å². The fourth-order valence-corrected chi connectivity index (χ4v) is 3.72. The van der Waals surface area contributed by atoms with Crippen LogP contribution in [0.5, 0.6) is 0 Å². The summed E-state index contributed by atoms with van der Waals surface area (Å²) >= 11 is 0. The highest BCUT2D eigenvalue weighted by Gasteiger charge is 2.28. The number of benzene rings is 2. The molecule has 0 saturated carbocycles. The predicted molar refractivity (Wildman–Crippen MR) is 102 cm³/mol. The van der Waals surface area contributed by atoms with Gasteiger partial charge in [-0.05, 0) is 49.1 Å². The summed E-state index contributed by atoms with van der Waals surface area (Å²) in [5, 5.41) is 18.6. The first kappa shape index (κ1) is 16.3. The fourth-order valence-electron chi connectivity index (χ4n) is 3.72. The third-order valence-corrected chi connectivity index (χ3v) is 4.90. The van der Waals surface area contributed by atoms with Crippen molar-refractivity contribution in [3.05, 3.63) is 70.9 Å². The Morgan fingerprint density at radius 3 is 2.46 bits per heavy atom. The molecule has 5 heteroatoms. The van der Waals surface area contributed by atoms with Gasteiger partial charge in [0, 0.05) is 19.0 Å². The van der Waals surface area contributed by atoms with Crippen LogP contribution in [0.3, 0.4) is 0 Å². The van der Waals surface area contributed by atoms with Crippen LogP contribution in [-0.2, 0) is 0 Å². The van der Waals surface area contributed by atoms with E-state index in [2.05, 4.69) is 65.3 Å². The van der Waals surface area contributed by atoms with Gasteiger partial charge in [0.1, 0.15) is 6.07 Å². The van der Waals surface area contributed by atoms with Gasteiger partial charge >= 0.3 is 0 Å². The first-order valence-corrected chi connectivity index (χ1v) is 8.90. The lowest BCUT2D eigenvalue weighted by Gasteiger charge is -2.15. The van der Waals surface area contributed by atoms with E-state index in [4.69, 9.17) is 0 Å². The van der Waals surface area contributed by atoms with Gasteiger partial charge in [-0.25, -0.2) is 0 Å². The number of anilines is 1. The summed E-state index contributed by atoms with van der Waals surface area (Å²) in [6.07, 6.45) is 1.06. The number of aromatic nitrogens is 3. The maximum atomic E-state index is 9.54. The lowest BCUT2D eigenvalue weighted by Crippen LogP contribution is -2.20. The SMILES string of the molecule is Cc1cc(C)cc(-n2nc(C#N)c(N3CC[C@@H](c4ccccc4)C3)n2)c1. The second-order valence-electron chi connectivity index (χ2n) is 6.96. The summed E-state index contributed by atoms with van der Waals surface area (Å²) in [5.41, 5.74) is 4.93. The number of hydrogen-bond acceptors (Lipinski definition) is 4. The molecule has 0 spiro atoms. The highest BCUT2D eigenvalue weighted by atomic mass is 15.5. The smallest absolute Gasteiger partial charge is 0.207 e. The summed E-state index contributed by atoms with van der Waals surface area (Å²) in [6, 6.07) is 18.9. The minimum absolute atomic E-state index is 0.387. The number of rotatable bonds is 3. The molecule has 1 fully saturated rings. The van der Waals surface area contributed by atoms with Crippen LogP contribution < -0.4 is 4.90 Å². The predicted octanol–water partition coefficient (Wildman–Crippen LogP) is 3.75. The zero-order valence-corrected chi connectivity index (χ0v) is 15.1. The molecule has 26 heavy (non-hydrogen) atoms. The Morgan fingerprint density at radius 1 is 1.04 bits per heavy atom. The second kappa shape index (κ2) is 6.64. The average molecular weight is 343 g/mol. The van der Waals surface area contributed by atoms with Crippen molar-refractivity contribution in [1.29, 1.82) is 5.26 Å². The van der Waals surface area contributed by atoms with Crippen LogP contribution in [0.15, 0.2) is 48.5 Å². The van der Waals surface area contributed by atoms with Gasteiger partial charge in [-0.3, -0.25) is 0 Å². The normalized spacial score (nSPS) is 16.7. The third-order valence-electron chi connectivity index (χ3n) is 4.90. The molecule has 2 aromatic carbocycles. The molecule has 3 aromatic rings. The van der Waals surface area contributed by atoms with Crippen LogP contribution in [-0.4, -0.2) is 28.1 Å². The highest BCUT2D eigenvalue weighted by Crippen LogP contribution is 2.31. The quantitative estimate of drug-likeness (QED) is 0.727. The maximum Gasteiger partial charge on any atom is 0.207 e. The van der Waals surface area contributed by atoms with Crippen LogP contribution >= 0.6 is 0 Å². The van der Waals surface area contributed by atoms with Crippen molar-refractivity contribution in [2.45, 2.75) is 26.2 Å². The molecule has 1 aliphatic heterocycles. The molecule has 4 rings (SSSR count). The van der Waals surface area contributed by atoms with Gasteiger partial charge in [-0.1, -0.05) is 36.4 Å². The Balaban J connectivity index is 1.63. The molecule has 1 aliphatic rings. The van der Waals surface area contributed by atoms with Crippen molar-refractivity contribution >= 4 is 5.82 Å². The van der Waals surface area contributed by atoms with Gasteiger partial charge < -0.3 is 4.90 Å². The lowest BCUT2D eigenvalue weighted by molar-refractivity contribution is 0.740. The highest BCUT2D eigenvalue weighted by molar-refractivity contribution is 5.52. The standard InChI is InChI=1S/C21H21N5/c1-15-10-16(2)12-19(11-15)26-23-20(13-22)21(24-26)25-9-8-18(14-25)17-6-4-3-5-7-17/h3-7,10-12,18H,8-9,14H2,1-2H3/t18-/m1/s1. The largest absolute Gasteiger partial charge is 0.352 e. The van der Waals surface area contributed by atoms with Crippen LogP contribution in [0.2, 0.25) is 0 Å². The van der Waals surface area contributed by atoms with Gasteiger partial charge in [0.05, 0.1) is 5.69 Å². The van der Waals surface area contributed by atoms with E-state index < -0.39 is 0 Å². The van der Waals surface area contributed by atoms with Gasteiger partial charge in [-0.15, -0.1) is 15.0 Å². The van der Waals surface area contributed by atoms with Crippen molar-refractivity contribution in [1.82, 2.24) is 15.0 Å². The van der Waals surface area contributed by atoms with Gasteiger partial charge in [-0.2, -0.15) is 5.26 Å². The van der Waals surface area contributed by atoms with Crippen molar-refractivity contribution in [3.8, 4) is 11.8 Å². The topological polar surface area (TPSA) is 57.7 Å². The Morgan fingerprint density at radius 2 is 1.77 bits per heavy atom. The summed E-state index contributed by atoms with van der Waals surface area (Å²) in [5.74, 6) is 1.15. The first-order valence-electron chi connectivity index (χ1n) is 8.90. The van der Waals surface area contributed by atoms with Crippen LogP contribution in [0.25, 0.3) is 5.69 Å². The number of nitrogens with zero attached hydrogens (tertiary/aromatic N) is 5. The molecule has 0 radical (unpaired) electrons. The van der Waals surface area contributed by atoms with E-state index in [0.29, 0.717) is 17.4 Å². The maximum absolute atomic E-state index is 9.54. The number of nitriles is 1. The molecule has 1 aromatic heterocycles. The van der Waals surface area contributed by atoms with E-state index in [1.165, 1.54) is 5.56 Å². The number of hydrogen-bond donors (Lipinski definition) is 0. The van der Waals surface area contributed by atoms with E-state index in [1.807, 2.05) is 18.2 Å². The van der Waals surface area contributed by atoms with Crippen molar-refractivity contribution in [2.75, 3.05) is 18.0 Å². The summed E-state index contributed by atoms with van der Waals surface area (Å²) in [6.45, 7) is 5.86. The molecule has 2 heterocycles. The van der Waals surface area contributed by atoms with Gasteiger partial charge in [0.15, 0.2) is 5.82 Å². The summed E-state index contributed by atoms with van der Waals surface area (Å²) in [7, 11) is 0. The molecular formula is C21H21N5. The molecule has 0 amide bonds. The monoisotopic (exact) mass is 343 g/mol. The Labute approximate surface area is 153 Å². The van der Waals surface area contributed by atoms with E-state index in [9.17, 15) is 5.26 Å². The van der Waals surface area contributed by atoms with Crippen LogP contribution in [0.1, 0.15) is 34.7 Å². The minimum Gasteiger partial charge on any atom is -0.352 e. The molecule has 0 bridgehead atoms. The molecule has 0 N–H and O–H groups in total. The van der Waals surface area contributed by atoms with Crippen LogP contribution in [0, 0.1) is 25.2 Å². The second-order valence-corrected chi connectivity index (χ2v) is 6.96. The van der Waals surface area contributed by atoms with Crippen molar-refractivity contribution in [3.63, 3.8) is 0 Å². The average Bonchev–Trinajstić information content (AvgIpc) is 3.28. The molecule has 1 saturated heterocycles. The fraction of sp³-hybridized carbons (Fsp3) is 0.286. The first-order chi connectivity index (χ1) is 12.6. The van der Waals surface area contributed by atoms with Gasteiger partial charge in [0.25, 0.3) is 0 Å². The molecule has 1 atom stereocenters. The summed E-state index contributed by atoms with van der Waals surface area (Å²) < 4.78 is 0. The van der Waals surface area contributed by atoms with E-state index in [0.717, 1.165) is 36.3 Å². The zero-order chi connectivity index (χ0) is 18.1. The van der Waals surface area contributed by atoms with E-state index in [1.54, 1.807) is 4.80 Å². The molecule has 0 unspecified atom stereocenters. The third kappa shape index (κ3) is 3.06. The Bertz CT molecular complexity index is 948. The molecular weight excluding hydrogens is 322 g/mol. The van der Waals surface area contributed by atoms with Crippen molar-refractivity contribution < 1.29 is 0 Å².